The van der Waals surface area contributed by atoms with Crippen LogP contribution in [0.25, 0.3) is 0 Å². The third kappa shape index (κ3) is 10.2. The molecule has 14 heteroatoms. The van der Waals surface area contributed by atoms with E-state index in [9.17, 15) is 26.3 Å². The predicted octanol–water partition coefficient (Wildman–Crippen LogP) is 3.42. The fraction of sp³-hybridized carbons (Fsp3) is 0.421. The number of fused-ring (bicyclic) bond motifs is 1. The summed E-state index contributed by atoms with van der Waals surface area (Å²) in [5.41, 5.74) is 2.42. The molecule has 0 saturated carbocycles. The van der Waals surface area contributed by atoms with Crippen molar-refractivity contribution in [2.45, 2.75) is 38.3 Å². The molecule has 1 aliphatic rings. The molecule has 1 unspecified atom stereocenters. The number of aromatic nitrogens is 2. The van der Waals surface area contributed by atoms with Gasteiger partial charge in [0.05, 0.1) is 6.54 Å². The highest BCUT2D eigenvalue weighted by molar-refractivity contribution is 5.73. The lowest BCUT2D eigenvalue weighted by molar-refractivity contribution is -0.193. The molecule has 0 aliphatic carbocycles. The summed E-state index contributed by atoms with van der Waals surface area (Å²) in [6.07, 6.45) is -7.05. The number of hydrogen-bond donors (Lipinski definition) is 3. The molecule has 1 aromatic heterocycles. The third-order valence-electron chi connectivity index (χ3n) is 3.89. The van der Waals surface area contributed by atoms with Gasteiger partial charge in [-0.3, -0.25) is 4.90 Å². The first-order chi connectivity index (χ1) is 15.1. The Balaban J connectivity index is 0.000000324. The normalized spacial score (nSPS) is 14.9. The zero-order valence-corrected chi connectivity index (χ0v) is 17.4. The number of likely N-dealkylation sites (N-methyl/N-ethyl adjacent to an activating group) is 1. The van der Waals surface area contributed by atoms with Crippen molar-refractivity contribution in [1.82, 2.24) is 14.9 Å². The minimum atomic E-state index is -5.08. The van der Waals surface area contributed by atoms with E-state index in [1.807, 2.05) is 25.3 Å². The van der Waals surface area contributed by atoms with Gasteiger partial charge in [0.15, 0.2) is 0 Å². The van der Waals surface area contributed by atoms with Crippen molar-refractivity contribution in [3.05, 3.63) is 47.5 Å². The summed E-state index contributed by atoms with van der Waals surface area (Å²) in [5, 5.41) is 14.2. The number of ether oxygens (including phenoxy) is 1. The van der Waals surface area contributed by atoms with Crippen LogP contribution in [0.15, 0.2) is 30.5 Å². The van der Waals surface area contributed by atoms with Crippen LogP contribution in [-0.2, 0) is 22.6 Å². The Bertz CT molecular complexity index is 880. The van der Waals surface area contributed by atoms with Gasteiger partial charge >= 0.3 is 24.3 Å². The van der Waals surface area contributed by atoms with Gasteiger partial charge in [-0.1, -0.05) is 18.2 Å². The number of H-pyrrole nitrogens is 1. The highest BCUT2D eigenvalue weighted by Gasteiger charge is 2.38. The number of aliphatic carboxylic acids is 2. The average molecular weight is 485 g/mol. The van der Waals surface area contributed by atoms with E-state index in [4.69, 9.17) is 24.5 Å². The van der Waals surface area contributed by atoms with Gasteiger partial charge in [-0.2, -0.15) is 26.3 Å². The van der Waals surface area contributed by atoms with Gasteiger partial charge in [-0.25, -0.2) is 14.6 Å². The summed E-state index contributed by atoms with van der Waals surface area (Å²) in [4.78, 5) is 27.6. The standard InChI is InChI=1S/C15H19N3O.2C2HF3O2/c1-11-8-16-15(17-11)10-18(2)9-13-7-12-5-3-4-6-14(12)19-13;2*3-2(4,5)1(6)7/h3-6,8,13H,7,9-10H2,1-2H3,(H,16,17);2*(H,6,7). The summed E-state index contributed by atoms with van der Waals surface area (Å²) in [6.45, 7) is 3.76. The van der Waals surface area contributed by atoms with E-state index < -0.39 is 24.3 Å². The van der Waals surface area contributed by atoms with E-state index in [2.05, 4.69) is 34.0 Å². The molecule has 1 aliphatic heterocycles. The van der Waals surface area contributed by atoms with E-state index in [1.54, 1.807) is 0 Å². The molecule has 2 aromatic rings. The first-order valence-corrected chi connectivity index (χ1v) is 9.13. The zero-order chi connectivity index (χ0) is 25.4. The van der Waals surface area contributed by atoms with Crippen LogP contribution in [0, 0.1) is 6.92 Å². The number of benzene rings is 1. The minimum Gasteiger partial charge on any atom is -0.488 e. The Hall–Kier alpha value is -3.29. The Morgan fingerprint density at radius 3 is 2.06 bits per heavy atom. The van der Waals surface area contributed by atoms with Gasteiger partial charge < -0.3 is 19.9 Å². The number of imidazole rings is 1. The Labute approximate surface area is 183 Å². The van der Waals surface area contributed by atoms with E-state index in [1.165, 1.54) is 5.56 Å². The lowest BCUT2D eigenvalue weighted by atomic mass is 10.1. The number of aryl methyl sites for hydroxylation is 1. The Kier molecular flexibility index (Phi) is 9.70. The van der Waals surface area contributed by atoms with Crippen LogP contribution in [0.2, 0.25) is 0 Å². The lowest BCUT2D eigenvalue weighted by Crippen LogP contribution is -2.31. The summed E-state index contributed by atoms with van der Waals surface area (Å²) < 4.78 is 69.4. The van der Waals surface area contributed by atoms with Crippen molar-refractivity contribution in [2.24, 2.45) is 0 Å². The number of alkyl halides is 6. The van der Waals surface area contributed by atoms with Crippen LogP contribution < -0.4 is 4.74 Å². The summed E-state index contributed by atoms with van der Waals surface area (Å²) >= 11 is 0. The van der Waals surface area contributed by atoms with Crippen LogP contribution in [0.1, 0.15) is 17.1 Å². The molecule has 1 aromatic carbocycles. The molecule has 0 spiro atoms. The molecule has 0 bridgehead atoms. The van der Waals surface area contributed by atoms with E-state index >= 15 is 0 Å². The smallest absolute Gasteiger partial charge is 0.488 e. The summed E-state index contributed by atoms with van der Waals surface area (Å²) in [7, 11) is 2.10. The van der Waals surface area contributed by atoms with E-state index in [-0.39, 0.29) is 6.10 Å². The second-order valence-electron chi connectivity index (χ2n) is 6.87. The van der Waals surface area contributed by atoms with Crippen LogP contribution >= 0.6 is 0 Å². The van der Waals surface area contributed by atoms with Gasteiger partial charge in [-0.05, 0) is 25.6 Å². The predicted molar refractivity (Wildman–Crippen MR) is 102 cm³/mol. The fourth-order valence-electron chi connectivity index (χ4n) is 2.57. The van der Waals surface area contributed by atoms with Crippen molar-refractivity contribution in [1.29, 1.82) is 0 Å². The van der Waals surface area contributed by atoms with Crippen molar-refractivity contribution in [3.63, 3.8) is 0 Å². The van der Waals surface area contributed by atoms with Gasteiger partial charge in [0, 0.05) is 24.9 Å². The Morgan fingerprint density at radius 2 is 1.64 bits per heavy atom. The van der Waals surface area contributed by atoms with Crippen LogP contribution in [0.5, 0.6) is 5.75 Å². The minimum absolute atomic E-state index is 0.249. The molecule has 184 valence electrons. The zero-order valence-electron chi connectivity index (χ0n) is 17.4. The maximum absolute atomic E-state index is 10.6. The monoisotopic (exact) mass is 485 g/mol. The summed E-state index contributed by atoms with van der Waals surface area (Å²) in [6, 6.07) is 8.28. The molecule has 0 radical (unpaired) electrons. The van der Waals surface area contributed by atoms with Crippen molar-refractivity contribution in [2.75, 3.05) is 13.6 Å². The molecule has 3 rings (SSSR count). The lowest BCUT2D eigenvalue weighted by Gasteiger charge is -2.19. The average Bonchev–Trinajstić information content (AvgIpc) is 3.26. The third-order valence-corrected chi connectivity index (χ3v) is 3.89. The van der Waals surface area contributed by atoms with Crippen LogP contribution in [0.3, 0.4) is 0 Å². The largest absolute Gasteiger partial charge is 0.490 e. The first-order valence-electron chi connectivity index (χ1n) is 9.13. The number of para-hydroxylation sites is 1. The molecule has 3 N–H and O–H groups in total. The van der Waals surface area contributed by atoms with Crippen molar-refractivity contribution in [3.8, 4) is 5.75 Å². The maximum atomic E-state index is 10.6. The highest BCUT2D eigenvalue weighted by atomic mass is 19.4. The second kappa shape index (κ2) is 11.5. The molecular weight excluding hydrogens is 464 g/mol. The fourth-order valence-corrected chi connectivity index (χ4v) is 2.57. The Morgan fingerprint density at radius 1 is 1.12 bits per heavy atom. The molecule has 33 heavy (non-hydrogen) atoms. The quantitative estimate of drug-likeness (QED) is 0.569. The highest BCUT2D eigenvalue weighted by Crippen LogP contribution is 2.28. The number of carbonyl (C=O) groups is 2. The number of carboxylic acids is 2. The van der Waals surface area contributed by atoms with Gasteiger partial charge in [0.2, 0.25) is 0 Å². The topological polar surface area (TPSA) is 116 Å². The van der Waals surface area contributed by atoms with Crippen LogP contribution in [-0.4, -0.2) is 69.1 Å². The number of halogens is 6. The molecule has 0 fully saturated rings. The SMILES string of the molecule is Cc1cnc(CN(C)CC2Cc3ccccc3O2)[nH]1.O=C(O)C(F)(F)F.O=C(O)C(F)(F)F. The number of aromatic amines is 1. The molecule has 0 saturated heterocycles. The van der Waals surface area contributed by atoms with Crippen LogP contribution in [0.4, 0.5) is 26.3 Å². The van der Waals surface area contributed by atoms with E-state index in [0.717, 1.165) is 36.8 Å². The first kappa shape index (κ1) is 27.7. The molecule has 8 nitrogen and oxygen atoms in total. The number of nitrogens with zero attached hydrogens (tertiary/aromatic N) is 2. The molecular formula is C19H21F6N3O5. The van der Waals surface area contributed by atoms with Gasteiger partial charge in [0.1, 0.15) is 17.7 Å². The van der Waals surface area contributed by atoms with Gasteiger partial charge in [0.25, 0.3) is 0 Å². The number of nitrogens with one attached hydrogen (secondary N) is 1. The summed E-state index contributed by atoms with van der Waals surface area (Å²) in [5.74, 6) is -3.47. The van der Waals surface area contributed by atoms with Crippen molar-refractivity contribution < 1.29 is 50.9 Å². The molecule has 0 amide bonds. The second-order valence-corrected chi connectivity index (χ2v) is 6.87. The number of rotatable bonds is 4. The molecule has 2 heterocycles. The van der Waals surface area contributed by atoms with Crippen molar-refractivity contribution >= 4 is 11.9 Å². The number of carboxylic acid groups (broad SMARTS) is 2. The van der Waals surface area contributed by atoms with E-state index in [0.29, 0.717) is 0 Å². The number of hydrogen-bond acceptors (Lipinski definition) is 5. The molecule has 1 atom stereocenters. The maximum Gasteiger partial charge on any atom is 0.490 e. The van der Waals surface area contributed by atoms with Gasteiger partial charge in [-0.15, -0.1) is 0 Å².